The van der Waals surface area contributed by atoms with E-state index >= 15 is 0 Å². The number of ether oxygens (including phenoxy) is 1. The van der Waals surface area contributed by atoms with Crippen molar-refractivity contribution in [3.63, 3.8) is 0 Å². The number of carbonyl (C=O) groups is 1. The van der Waals surface area contributed by atoms with Crippen LogP contribution in [0.3, 0.4) is 0 Å². The molecular formula is C14H17NO3. The van der Waals surface area contributed by atoms with E-state index in [2.05, 4.69) is 6.58 Å². The third-order valence-corrected chi connectivity index (χ3v) is 2.92. The minimum Gasteiger partial charge on any atom is -0.490 e. The first kappa shape index (κ1) is 12.6. The number of β-amino-alcohol motifs (C(OH)–C–C–N with tert-alkyl or cyclic N) is 1. The molecule has 1 aliphatic heterocycles. The van der Waals surface area contributed by atoms with Crippen LogP contribution in [0.25, 0.3) is 0 Å². The van der Waals surface area contributed by atoms with Crippen molar-refractivity contribution in [3.05, 3.63) is 42.5 Å². The molecule has 1 fully saturated rings. The van der Waals surface area contributed by atoms with E-state index in [1.165, 1.54) is 0 Å². The molecule has 96 valence electrons. The summed E-state index contributed by atoms with van der Waals surface area (Å²) in [7, 11) is 0. The van der Waals surface area contributed by atoms with Crippen molar-refractivity contribution in [1.82, 2.24) is 4.90 Å². The maximum absolute atomic E-state index is 12.1. The Hall–Kier alpha value is -1.81. The van der Waals surface area contributed by atoms with Crippen molar-refractivity contribution in [3.8, 4) is 5.75 Å². The van der Waals surface area contributed by atoms with Crippen molar-refractivity contribution in [2.75, 3.05) is 19.7 Å². The summed E-state index contributed by atoms with van der Waals surface area (Å²) in [6, 6.07) is 7.02. The number of amides is 1. The Balaban J connectivity index is 2.00. The molecule has 4 heteroatoms. The van der Waals surface area contributed by atoms with Crippen LogP contribution in [0.2, 0.25) is 0 Å². The Labute approximate surface area is 106 Å². The van der Waals surface area contributed by atoms with Gasteiger partial charge in [-0.2, -0.15) is 0 Å². The van der Waals surface area contributed by atoms with E-state index in [0.29, 0.717) is 37.4 Å². The van der Waals surface area contributed by atoms with Crippen LogP contribution < -0.4 is 4.74 Å². The normalized spacial score (nSPS) is 18.7. The number of hydrogen-bond acceptors (Lipinski definition) is 3. The summed E-state index contributed by atoms with van der Waals surface area (Å²) in [6.07, 6.45) is 1.95. The lowest BCUT2D eigenvalue weighted by molar-refractivity contribution is 0.0765. The second-order valence-electron chi connectivity index (χ2n) is 4.32. The van der Waals surface area contributed by atoms with Crippen LogP contribution in [0.15, 0.2) is 36.9 Å². The molecule has 0 saturated carbocycles. The van der Waals surface area contributed by atoms with Gasteiger partial charge in [-0.3, -0.25) is 4.79 Å². The first-order valence-corrected chi connectivity index (χ1v) is 6.02. The van der Waals surface area contributed by atoms with Gasteiger partial charge in [0.2, 0.25) is 0 Å². The zero-order valence-corrected chi connectivity index (χ0v) is 10.2. The van der Waals surface area contributed by atoms with Crippen LogP contribution >= 0.6 is 0 Å². The number of benzene rings is 1. The van der Waals surface area contributed by atoms with Gasteiger partial charge in [-0.25, -0.2) is 0 Å². The molecule has 0 aliphatic carbocycles. The van der Waals surface area contributed by atoms with Crippen LogP contribution in [-0.4, -0.2) is 41.7 Å². The summed E-state index contributed by atoms with van der Waals surface area (Å²) >= 11 is 0. The maximum Gasteiger partial charge on any atom is 0.253 e. The molecule has 1 N–H and O–H groups in total. The van der Waals surface area contributed by atoms with E-state index in [4.69, 9.17) is 4.74 Å². The quantitative estimate of drug-likeness (QED) is 0.819. The summed E-state index contributed by atoms with van der Waals surface area (Å²) in [5.74, 6) is 0.676. The van der Waals surface area contributed by atoms with Gasteiger partial charge in [0, 0.05) is 18.7 Å². The third kappa shape index (κ3) is 2.90. The lowest BCUT2D eigenvalue weighted by atomic mass is 10.2. The summed E-state index contributed by atoms with van der Waals surface area (Å²) in [5, 5.41) is 9.41. The fourth-order valence-electron chi connectivity index (χ4n) is 1.96. The number of hydrogen-bond donors (Lipinski definition) is 1. The van der Waals surface area contributed by atoms with Gasteiger partial charge in [0.05, 0.1) is 6.10 Å². The summed E-state index contributed by atoms with van der Waals surface area (Å²) in [4.78, 5) is 13.7. The molecule has 1 aromatic rings. The van der Waals surface area contributed by atoms with Crippen molar-refractivity contribution in [2.45, 2.75) is 12.5 Å². The highest BCUT2D eigenvalue weighted by Crippen LogP contribution is 2.16. The first-order chi connectivity index (χ1) is 8.70. The molecule has 1 aliphatic rings. The smallest absolute Gasteiger partial charge is 0.253 e. The second kappa shape index (κ2) is 5.69. The third-order valence-electron chi connectivity index (χ3n) is 2.92. The van der Waals surface area contributed by atoms with Crippen LogP contribution in [-0.2, 0) is 0 Å². The number of carbonyl (C=O) groups excluding carboxylic acids is 1. The summed E-state index contributed by atoms with van der Waals surface area (Å²) < 4.78 is 5.35. The van der Waals surface area contributed by atoms with Gasteiger partial charge in [-0.15, -0.1) is 0 Å². The van der Waals surface area contributed by atoms with E-state index in [-0.39, 0.29) is 12.0 Å². The van der Waals surface area contributed by atoms with Gasteiger partial charge in [-0.1, -0.05) is 12.7 Å². The number of nitrogens with zero attached hydrogens (tertiary/aromatic N) is 1. The number of rotatable bonds is 4. The fraction of sp³-hybridized carbons (Fsp3) is 0.357. The molecular weight excluding hydrogens is 230 g/mol. The molecule has 0 radical (unpaired) electrons. The lowest BCUT2D eigenvalue weighted by Crippen LogP contribution is -2.29. The molecule has 1 atom stereocenters. The molecule has 0 spiro atoms. The molecule has 1 saturated heterocycles. The number of aliphatic hydroxyl groups is 1. The fourth-order valence-corrected chi connectivity index (χ4v) is 1.96. The molecule has 0 aromatic heterocycles. The molecule has 0 unspecified atom stereocenters. The van der Waals surface area contributed by atoms with Gasteiger partial charge in [0.1, 0.15) is 12.4 Å². The van der Waals surface area contributed by atoms with E-state index in [0.717, 1.165) is 0 Å². The lowest BCUT2D eigenvalue weighted by Gasteiger charge is -2.15. The topological polar surface area (TPSA) is 49.8 Å². The summed E-state index contributed by atoms with van der Waals surface area (Å²) in [6.45, 7) is 5.07. The molecule has 0 bridgehead atoms. The van der Waals surface area contributed by atoms with Gasteiger partial charge in [-0.05, 0) is 30.7 Å². The average molecular weight is 247 g/mol. The standard InChI is InChI=1S/C14H17NO3/c1-2-9-18-13-5-3-11(4-6-13)14(17)15-8-7-12(16)10-15/h2-6,12,16H,1,7-10H2/t12-/m0/s1. The SMILES string of the molecule is C=CCOc1ccc(C(=O)N2CC[C@H](O)C2)cc1. The van der Waals surface area contributed by atoms with Crippen molar-refractivity contribution < 1.29 is 14.6 Å². The van der Waals surface area contributed by atoms with Gasteiger partial charge in [0.15, 0.2) is 0 Å². The van der Waals surface area contributed by atoms with E-state index in [1.807, 2.05) is 0 Å². The largest absolute Gasteiger partial charge is 0.490 e. The highest BCUT2D eigenvalue weighted by molar-refractivity contribution is 5.94. The molecule has 1 heterocycles. The molecule has 2 rings (SSSR count). The zero-order valence-electron chi connectivity index (χ0n) is 10.2. The Morgan fingerprint density at radius 1 is 1.50 bits per heavy atom. The van der Waals surface area contributed by atoms with Crippen LogP contribution in [0.5, 0.6) is 5.75 Å². The first-order valence-electron chi connectivity index (χ1n) is 6.02. The van der Waals surface area contributed by atoms with E-state index in [1.54, 1.807) is 35.2 Å². The van der Waals surface area contributed by atoms with Crippen LogP contribution in [0.1, 0.15) is 16.8 Å². The number of aliphatic hydroxyl groups excluding tert-OH is 1. The Morgan fingerprint density at radius 2 is 2.22 bits per heavy atom. The van der Waals surface area contributed by atoms with Gasteiger partial charge < -0.3 is 14.7 Å². The van der Waals surface area contributed by atoms with Gasteiger partial charge in [0.25, 0.3) is 5.91 Å². The molecule has 1 aromatic carbocycles. The molecule has 1 amide bonds. The minimum absolute atomic E-state index is 0.0400. The summed E-state index contributed by atoms with van der Waals surface area (Å²) in [5.41, 5.74) is 0.620. The maximum atomic E-state index is 12.1. The highest BCUT2D eigenvalue weighted by atomic mass is 16.5. The monoisotopic (exact) mass is 247 g/mol. The van der Waals surface area contributed by atoms with Crippen LogP contribution in [0.4, 0.5) is 0 Å². The van der Waals surface area contributed by atoms with Gasteiger partial charge >= 0.3 is 0 Å². The predicted octanol–water partition coefficient (Wildman–Crippen LogP) is 1.46. The Kier molecular flexibility index (Phi) is 3.99. The second-order valence-corrected chi connectivity index (χ2v) is 4.32. The molecule has 4 nitrogen and oxygen atoms in total. The van der Waals surface area contributed by atoms with Crippen molar-refractivity contribution in [2.24, 2.45) is 0 Å². The minimum atomic E-state index is -0.385. The van der Waals surface area contributed by atoms with E-state index < -0.39 is 0 Å². The van der Waals surface area contributed by atoms with Crippen molar-refractivity contribution >= 4 is 5.91 Å². The Bertz CT molecular complexity index is 427. The number of likely N-dealkylation sites (tertiary alicyclic amines) is 1. The Morgan fingerprint density at radius 3 is 2.78 bits per heavy atom. The van der Waals surface area contributed by atoms with Crippen LogP contribution in [0, 0.1) is 0 Å². The highest BCUT2D eigenvalue weighted by Gasteiger charge is 2.25. The predicted molar refractivity (Wildman–Crippen MR) is 68.7 cm³/mol. The van der Waals surface area contributed by atoms with E-state index in [9.17, 15) is 9.90 Å². The zero-order chi connectivity index (χ0) is 13.0. The average Bonchev–Trinajstić information content (AvgIpc) is 2.83. The van der Waals surface area contributed by atoms with Crippen molar-refractivity contribution in [1.29, 1.82) is 0 Å². The molecule has 18 heavy (non-hydrogen) atoms.